The van der Waals surface area contributed by atoms with Crippen LogP contribution in [0.1, 0.15) is 15.2 Å². The Morgan fingerprint density at radius 1 is 1.12 bits per heavy atom. The number of fused-ring (bicyclic) bond motifs is 3. The molecule has 1 aromatic heterocycles. The molecule has 6 heteroatoms. The summed E-state index contributed by atoms with van der Waals surface area (Å²) >= 11 is 7.44. The number of carbonyl (C=O) groups is 1. The van der Waals surface area contributed by atoms with E-state index in [1.807, 2.05) is 42.5 Å². The van der Waals surface area contributed by atoms with Crippen LogP contribution in [0.3, 0.4) is 0 Å². The van der Waals surface area contributed by atoms with Crippen LogP contribution in [-0.4, -0.2) is 19.2 Å². The molecule has 0 aliphatic carbocycles. The first-order valence-electron chi connectivity index (χ1n) is 8.12. The highest BCUT2D eigenvalue weighted by Crippen LogP contribution is 2.42. The first-order chi connectivity index (χ1) is 12.7. The third kappa shape index (κ3) is 3.41. The van der Waals surface area contributed by atoms with Gasteiger partial charge >= 0.3 is 5.97 Å². The lowest BCUT2D eigenvalue weighted by Crippen LogP contribution is -2.11. The molecule has 26 heavy (non-hydrogen) atoms. The van der Waals surface area contributed by atoms with E-state index in [9.17, 15) is 4.79 Å². The summed E-state index contributed by atoms with van der Waals surface area (Å²) in [5.41, 5.74) is 2.02. The lowest BCUT2D eigenvalue weighted by Gasteiger charge is -2.16. The van der Waals surface area contributed by atoms with Crippen molar-refractivity contribution in [3.63, 3.8) is 0 Å². The monoisotopic (exact) mass is 386 g/mol. The van der Waals surface area contributed by atoms with Crippen molar-refractivity contribution >= 4 is 28.9 Å². The van der Waals surface area contributed by atoms with Crippen LogP contribution in [0.15, 0.2) is 54.6 Å². The second-order valence-corrected chi connectivity index (χ2v) is 7.12. The summed E-state index contributed by atoms with van der Waals surface area (Å²) in [6, 6.07) is 16.9. The molecule has 1 aliphatic heterocycles. The fourth-order valence-corrected chi connectivity index (χ4v) is 4.00. The van der Waals surface area contributed by atoms with Crippen LogP contribution in [-0.2, 0) is 11.3 Å². The largest absolute Gasteiger partial charge is 0.488 e. The maximum absolute atomic E-state index is 12.3. The Bertz CT molecular complexity index is 950. The second-order valence-electron chi connectivity index (χ2n) is 5.66. The van der Waals surface area contributed by atoms with E-state index < -0.39 is 0 Å². The lowest BCUT2D eigenvalue weighted by atomic mass is 10.1. The average Bonchev–Trinajstić information content (AvgIpc) is 3.11. The van der Waals surface area contributed by atoms with Gasteiger partial charge in [-0.25, -0.2) is 4.79 Å². The summed E-state index contributed by atoms with van der Waals surface area (Å²) in [4.78, 5) is 13.9. The smallest absolute Gasteiger partial charge is 0.348 e. The van der Waals surface area contributed by atoms with Crippen LogP contribution in [0.4, 0.5) is 0 Å². The standard InChI is InChI=1S/C20H15ClO4S/c21-15-6-2-4-8-17(15)23-9-10-24-20(22)18-11-13-12-25-16-7-3-1-5-14(16)19(13)26-18/h1-8,11H,9-10,12H2. The first kappa shape index (κ1) is 16.9. The van der Waals surface area contributed by atoms with Crippen LogP contribution < -0.4 is 9.47 Å². The van der Waals surface area contributed by atoms with Crippen LogP contribution in [0.5, 0.6) is 11.5 Å². The molecule has 0 saturated heterocycles. The minimum atomic E-state index is -0.357. The van der Waals surface area contributed by atoms with E-state index in [1.54, 1.807) is 12.1 Å². The molecule has 2 aromatic carbocycles. The molecule has 0 spiro atoms. The molecule has 0 fully saturated rings. The number of benzene rings is 2. The Balaban J connectivity index is 1.38. The maximum atomic E-state index is 12.3. The minimum Gasteiger partial charge on any atom is -0.488 e. The molecule has 0 radical (unpaired) electrons. The van der Waals surface area contributed by atoms with E-state index in [1.165, 1.54) is 11.3 Å². The Kier molecular flexibility index (Phi) is 4.82. The summed E-state index contributed by atoms with van der Waals surface area (Å²) in [5, 5.41) is 0.531. The van der Waals surface area contributed by atoms with Gasteiger partial charge in [-0.05, 0) is 30.3 Å². The predicted molar refractivity (Wildman–Crippen MR) is 101 cm³/mol. The van der Waals surface area contributed by atoms with E-state index in [0.717, 1.165) is 21.8 Å². The second kappa shape index (κ2) is 7.40. The molecule has 0 unspecified atom stereocenters. The molecule has 2 heterocycles. The van der Waals surface area contributed by atoms with Crippen LogP contribution >= 0.6 is 22.9 Å². The summed E-state index contributed by atoms with van der Waals surface area (Å²) in [6.45, 7) is 0.859. The fraction of sp³-hybridized carbons (Fsp3) is 0.150. The van der Waals surface area contributed by atoms with Gasteiger partial charge in [-0.3, -0.25) is 0 Å². The zero-order valence-electron chi connectivity index (χ0n) is 13.7. The molecule has 3 aromatic rings. The number of para-hydroxylation sites is 2. The Hall–Kier alpha value is -2.50. The molecule has 0 amide bonds. The van der Waals surface area contributed by atoms with Crippen molar-refractivity contribution in [2.24, 2.45) is 0 Å². The normalized spacial score (nSPS) is 11.9. The van der Waals surface area contributed by atoms with Gasteiger partial charge < -0.3 is 14.2 Å². The lowest BCUT2D eigenvalue weighted by molar-refractivity contribution is 0.0456. The van der Waals surface area contributed by atoms with Crippen molar-refractivity contribution < 1.29 is 19.0 Å². The molecule has 0 saturated carbocycles. The molecule has 4 rings (SSSR count). The molecule has 0 bridgehead atoms. The predicted octanol–water partition coefficient (Wildman–Crippen LogP) is 5.20. The SMILES string of the molecule is O=C(OCCOc1ccccc1Cl)c1cc2c(s1)-c1ccccc1OC2. The van der Waals surface area contributed by atoms with E-state index in [2.05, 4.69) is 0 Å². The van der Waals surface area contributed by atoms with Gasteiger partial charge in [0.15, 0.2) is 0 Å². The molecular formula is C20H15ClO4S. The van der Waals surface area contributed by atoms with Gasteiger partial charge in [-0.15, -0.1) is 11.3 Å². The van der Waals surface area contributed by atoms with Gasteiger partial charge in [0, 0.05) is 16.0 Å². The number of hydrogen-bond acceptors (Lipinski definition) is 5. The van der Waals surface area contributed by atoms with Gasteiger partial charge in [0.05, 0.1) is 5.02 Å². The van der Waals surface area contributed by atoms with Crippen LogP contribution in [0.25, 0.3) is 10.4 Å². The molecule has 0 atom stereocenters. The fourth-order valence-electron chi connectivity index (χ4n) is 2.72. The maximum Gasteiger partial charge on any atom is 0.348 e. The number of halogens is 1. The highest BCUT2D eigenvalue weighted by atomic mass is 35.5. The summed E-state index contributed by atoms with van der Waals surface area (Å²) in [5.74, 6) is 1.06. The van der Waals surface area contributed by atoms with Crippen molar-refractivity contribution in [3.05, 3.63) is 70.1 Å². The Morgan fingerprint density at radius 2 is 1.92 bits per heavy atom. The van der Waals surface area contributed by atoms with Crippen LogP contribution in [0.2, 0.25) is 5.02 Å². The van der Waals surface area contributed by atoms with Crippen molar-refractivity contribution in [1.29, 1.82) is 0 Å². The van der Waals surface area contributed by atoms with E-state index >= 15 is 0 Å². The molecule has 1 aliphatic rings. The number of hydrogen-bond donors (Lipinski definition) is 0. The highest BCUT2D eigenvalue weighted by Gasteiger charge is 2.22. The van der Waals surface area contributed by atoms with Gasteiger partial charge in [0.1, 0.15) is 36.2 Å². The molecule has 0 N–H and O–H groups in total. The van der Waals surface area contributed by atoms with Crippen LogP contribution in [0, 0.1) is 0 Å². The first-order valence-corrected chi connectivity index (χ1v) is 9.31. The minimum absolute atomic E-state index is 0.152. The molecular weight excluding hydrogens is 372 g/mol. The number of carbonyl (C=O) groups excluding carboxylic acids is 1. The van der Waals surface area contributed by atoms with E-state index in [4.69, 9.17) is 25.8 Å². The van der Waals surface area contributed by atoms with Crippen molar-refractivity contribution in [3.8, 4) is 21.9 Å². The van der Waals surface area contributed by atoms with Crippen molar-refractivity contribution in [1.82, 2.24) is 0 Å². The summed E-state index contributed by atoms with van der Waals surface area (Å²) < 4.78 is 16.6. The van der Waals surface area contributed by atoms with Crippen molar-refractivity contribution in [2.45, 2.75) is 6.61 Å². The third-order valence-electron chi connectivity index (χ3n) is 3.94. The Labute approximate surface area is 159 Å². The van der Waals surface area contributed by atoms with Gasteiger partial charge in [0.25, 0.3) is 0 Å². The highest BCUT2D eigenvalue weighted by molar-refractivity contribution is 7.17. The third-order valence-corrected chi connectivity index (χ3v) is 5.44. The zero-order chi connectivity index (χ0) is 17.9. The topological polar surface area (TPSA) is 44.8 Å². The Morgan fingerprint density at radius 3 is 2.81 bits per heavy atom. The van der Waals surface area contributed by atoms with Gasteiger partial charge in [-0.2, -0.15) is 0 Å². The van der Waals surface area contributed by atoms with Gasteiger partial charge in [-0.1, -0.05) is 35.9 Å². The average molecular weight is 387 g/mol. The quantitative estimate of drug-likeness (QED) is 0.446. The number of thiophene rings is 1. The van der Waals surface area contributed by atoms with Crippen molar-refractivity contribution in [2.75, 3.05) is 13.2 Å². The van der Waals surface area contributed by atoms with E-state index in [-0.39, 0.29) is 19.2 Å². The van der Waals surface area contributed by atoms with E-state index in [0.29, 0.717) is 22.3 Å². The van der Waals surface area contributed by atoms with Gasteiger partial charge in [0.2, 0.25) is 0 Å². The molecule has 4 nitrogen and oxygen atoms in total. The molecule has 132 valence electrons. The number of rotatable bonds is 5. The number of esters is 1. The number of ether oxygens (including phenoxy) is 3. The summed E-state index contributed by atoms with van der Waals surface area (Å²) in [6.07, 6.45) is 0. The zero-order valence-corrected chi connectivity index (χ0v) is 15.3. The summed E-state index contributed by atoms with van der Waals surface area (Å²) in [7, 11) is 0.